The Kier molecular flexibility index (Phi) is 2.18. The lowest BCUT2D eigenvalue weighted by Gasteiger charge is -1.90. The number of nitriles is 1. The number of fused-ring (bicyclic) bond motifs is 1. The third-order valence-electron chi connectivity index (χ3n) is 1.92. The summed E-state index contributed by atoms with van der Waals surface area (Å²) in [7, 11) is 0. The molecule has 1 aromatic carbocycles. The van der Waals surface area contributed by atoms with Gasteiger partial charge in [0.05, 0.1) is 26.9 Å². The first-order valence-electron chi connectivity index (χ1n) is 4.23. The first-order valence-corrected chi connectivity index (χ1v) is 5.05. The SMILES string of the molecule is CCc1nc2cc(C#N)cc(F)c2s1. The van der Waals surface area contributed by atoms with Crippen LogP contribution < -0.4 is 0 Å². The predicted octanol–water partition coefficient (Wildman–Crippen LogP) is 2.87. The molecule has 0 spiro atoms. The van der Waals surface area contributed by atoms with E-state index in [-0.39, 0.29) is 5.82 Å². The number of aryl methyl sites for hydroxylation is 1. The molecule has 0 bridgehead atoms. The van der Waals surface area contributed by atoms with E-state index in [2.05, 4.69) is 4.98 Å². The van der Waals surface area contributed by atoms with Gasteiger partial charge in [0, 0.05) is 0 Å². The Morgan fingerprint density at radius 2 is 2.36 bits per heavy atom. The van der Waals surface area contributed by atoms with Crippen LogP contribution in [-0.4, -0.2) is 4.98 Å². The quantitative estimate of drug-likeness (QED) is 0.719. The molecule has 0 fully saturated rings. The van der Waals surface area contributed by atoms with E-state index in [1.54, 1.807) is 6.07 Å². The van der Waals surface area contributed by atoms with Gasteiger partial charge in [0.2, 0.25) is 0 Å². The average molecular weight is 206 g/mol. The monoisotopic (exact) mass is 206 g/mol. The fourth-order valence-corrected chi connectivity index (χ4v) is 2.14. The minimum absolute atomic E-state index is 0.322. The molecule has 0 saturated carbocycles. The van der Waals surface area contributed by atoms with Crippen molar-refractivity contribution in [3.8, 4) is 6.07 Å². The molecule has 1 heterocycles. The normalized spacial score (nSPS) is 10.4. The molecule has 70 valence electrons. The van der Waals surface area contributed by atoms with Gasteiger partial charge >= 0.3 is 0 Å². The molecule has 0 N–H and O–H groups in total. The maximum absolute atomic E-state index is 13.4. The maximum atomic E-state index is 13.4. The van der Waals surface area contributed by atoms with Gasteiger partial charge in [-0.3, -0.25) is 0 Å². The van der Waals surface area contributed by atoms with Crippen molar-refractivity contribution in [3.05, 3.63) is 28.5 Å². The molecule has 2 aromatic rings. The molecule has 1 aromatic heterocycles. The zero-order chi connectivity index (χ0) is 10.1. The number of halogens is 1. The summed E-state index contributed by atoms with van der Waals surface area (Å²) in [5.41, 5.74) is 0.909. The second-order valence-corrected chi connectivity index (χ2v) is 3.96. The van der Waals surface area contributed by atoms with Crippen molar-refractivity contribution in [2.75, 3.05) is 0 Å². The Bertz CT molecular complexity index is 525. The third kappa shape index (κ3) is 1.36. The zero-order valence-corrected chi connectivity index (χ0v) is 8.36. The minimum atomic E-state index is -0.351. The lowest BCUT2D eigenvalue weighted by Crippen LogP contribution is -1.80. The summed E-state index contributed by atoms with van der Waals surface area (Å²) < 4.78 is 13.9. The van der Waals surface area contributed by atoms with E-state index in [1.165, 1.54) is 17.4 Å². The molecule has 0 radical (unpaired) electrons. The van der Waals surface area contributed by atoms with Crippen LogP contribution in [0.1, 0.15) is 17.5 Å². The van der Waals surface area contributed by atoms with E-state index in [0.29, 0.717) is 15.8 Å². The standard InChI is InChI=1S/C10H7FN2S/c1-2-9-13-8-4-6(5-12)3-7(11)10(8)14-9/h3-4H,2H2,1H3. The number of aromatic nitrogens is 1. The van der Waals surface area contributed by atoms with E-state index in [0.717, 1.165) is 11.4 Å². The molecule has 2 nitrogen and oxygen atoms in total. The molecule has 0 aliphatic rings. The highest BCUT2D eigenvalue weighted by atomic mass is 32.1. The number of hydrogen-bond donors (Lipinski definition) is 0. The number of nitrogens with zero attached hydrogens (tertiary/aromatic N) is 2. The van der Waals surface area contributed by atoms with Gasteiger partial charge in [-0.15, -0.1) is 11.3 Å². The van der Waals surface area contributed by atoms with Gasteiger partial charge in [-0.2, -0.15) is 5.26 Å². The van der Waals surface area contributed by atoms with Crippen LogP contribution in [-0.2, 0) is 6.42 Å². The summed E-state index contributed by atoms with van der Waals surface area (Å²) in [6, 6.07) is 4.78. The van der Waals surface area contributed by atoms with E-state index in [4.69, 9.17) is 5.26 Å². The summed E-state index contributed by atoms with van der Waals surface area (Å²) in [4.78, 5) is 4.23. The Morgan fingerprint density at radius 1 is 1.57 bits per heavy atom. The van der Waals surface area contributed by atoms with Crippen LogP contribution in [0.25, 0.3) is 10.2 Å². The van der Waals surface area contributed by atoms with Crippen molar-refractivity contribution in [1.82, 2.24) is 4.98 Å². The summed E-state index contributed by atoms with van der Waals surface area (Å²) >= 11 is 1.35. The Hall–Kier alpha value is -1.47. The van der Waals surface area contributed by atoms with E-state index >= 15 is 0 Å². The van der Waals surface area contributed by atoms with Gasteiger partial charge in [0.25, 0.3) is 0 Å². The van der Waals surface area contributed by atoms with Crippen molar-refractivity contribution >= 4 is 21.6 Å². The van der Waals surface area contributed by atoms with Crippen LogP contribution in [0, 0.1) is 17.1 Å². The van der Waals surface area contributed by atoms with Gasteiger partial charge in [0.1, 0.15) is 5.82 Å². The van der Waals surface area contributed by atoms with Crippen LogP contribution in [0.2, 0.25) is 0 Å². The first-order chi connectivity index (χ1) is 6.74. The summed E-state index contributed by atoms with van der Waals surface area (Å²) in [6.07, 6.45) is 0.792. The Morgan fingerprint density at radius 3 is 3.00 bits per heavy atom. The second kappa shape index (κ2) is 3.35. The Balaban J connectivity index is 2.75. The van der Waals surface area contributed by atoms with Crippen LogP contribution in [0.3, 0.4) is 0 Å². The van der Waals surface area contributed by atoms with Crippen molar-refractivity contribution < 1.29 is 4.39 Å². The number of thiazole rings is 1. The molecule has 0 saturated heterocycles. The molecule has 2 rings (SSSR count). The van der Waals surface area contributed by atoms with E-state index in [9.17, 15) is 4.39 Å². The minimum Gasteiger partial charge on any atom is -0.241 e. The van der Waals surface area contributed by atoms with Crippen molar-refractivity contribution in [2.45, 2.75) is 13.3 Å². The van der Waals surface area contributed by atoms with E-state index in [1.807, 2.05) is 13.0 Å². The smallest absolute Gasteiger partial charge is 0.143 e. The van der Waals surface area contributed by atoms with E-state index < -0.39 is 0 Å². The fraction of sp³-hybridized carbons (Fsp3) is 0.200. The second-order valence-electron chi connectivity index (χ2n) is 2.88. The third-order valence-corrected chi connectivity index (χ3v) is 3.14. The molecule has 4 heteroatoms. The number of benzene rings is 1. The van der Waals surface area contributed by atoms with Gasteiger partial charge in [-0.25, -0.2) is 9.37 Å². The predicted molar refractivity (Wildman–Crippen MR) is 53.7 cm³/mol. The van der Waals surface area contributed by atoms with Crippen molar-refractivity contribution in [2.24, 2.45) is 0 Å². The number of hydrogen-bond acceptors (Lipinski definition) is 3. The van der Waals surface area contributed by atoms with Gasteiger partial charge in [-0.1, -0.05) is 6.92 Å². The number of rotatable bonds is 1. The highest BCUT2D eigenvalue weighted by Gasteiger charge is 2.08. The molecule has 0 unspecified atom stereocenters. The van der Waals surface area contributed by atoms with Crippen LogP contribution in [0.4, 0.5) is 4.39 Å². The Labute approximate surface area is 84.6 Å². The average Bonchev–Trinajstić information content (AvgIpc) is 2.61. The molecule has 14 heavy (non-hydrogen) atoms. The first kappa shape index (κ1) is 9.10. The molecule has 0 aliphatic carbocycles. The van der Waals surface area contributed by atoms with Gasteiger partial charge < -0.3 is 0 Å². The molecular formula is C10H7FN2S. The maximum Gasteiger partial charge on any atom is 0.143 e. The van der Waals surface area contributed by atoms with Crippen molar-refractivity contribution in [1.29, 1.82) is 5.26 Å². The lowest BCUT2D eigenvalue weighted by molar-refractivity contribution is 0.641. The van der Waals surface area contributed by atoms with Gasteiger partial charge in [-0.05, 0) is 18.6 Å². The van der Waals surface area contributed by atoms with Gasteiger partial charge in [0.15, 0.2) is 0 Å². The van der Waals surface area contributed by atoms with Crippen LogP contribution in [0.5, 0.6) is 0 Å². The largest absolute Gasteiger partial charge is 0.241 e. The van der Waals surface area contributed by atoms with Crippen LogP contribution in [0.15, 0.2) is 12.1 Å². The summed E-state index contributed by atoms with van der Waals surface area (Å²) in [5.74, 6) is -0.351. The highest BCUT2D eigenvalue weighted by molar-refractivity contribution is 7.18. The zero-order valence-electron chi connectivity index (χ0n) is 7.54. The fourth-order valence-electron chi connectivity index (χ4n) is 1.25. The highest BCUT2D eigenvalue weighted by Crippen LogP contribution is 2.26. The lowest BCUT2D eigenvalue weighted by atomic mass is 10.2. The van der Waals surface area contributed by atoms with Crippen molar-refractivity contribution in [3.63, 3.8) is 0 Å². The van der Waals surface area contributed by atoms with Crippen LogP contribution >= 0.6 is 11.3 Å². The topological polar surface area (TPSA) is 36.7 Å². The molecular weight excluding hydrogens is 199 g/mol. The molecule has 0 atom stereocenters. The molecule has 0 aliphatic heterocycles. The molecule has 0 amide bonds. The summed E-state index contributed by atoms with van der Waals surface area (Å²) in [6.45, 7) is 1.97. The summed E-state index contributed by atoms with van der Waals surface area (Å²) in [5, 5.41) is 9.54.